The van der Waals surface area contributed by atoms with Crippen molar-refractivity contribution in [3.8, 4) is 0 Å². The van der Waals surface area contributed by atoms with Crippen molar-refractivity contribution in [1.82, 2.24) is 0 Å². The van der Waals surface area contributed by atoms with Crippen LogP contribution in [0, 0.1) is 15.5 Å². The molecular formula is C10H6N3O3+. The molecule has 1 aliphatic rings. The van der Waals surface area contributed by atoms with Crippen molar-refractivity contribution in [1.29, 1.82) is 5.39 Å². The Labute approximate surface area is 90.0 Å². The minimum absolute atomic E-state index is 0.208. The number of Topliss-reactive ketones (excluding diaryl/α,β-unsaturated/α-hetero) is 1. The monoisotopic (exact) mass is 216 g/mol. The summed E-state index contributed by atoms with van der Waals surface area (Å²) in [4.78, 5) is 24.7. The standard InChI is InChI=1S/C10H6N3O3/c11-12-8-5-9(13(15)16)6-3-1-2-4-7(6)10(8)14/h1-5,8H/q+1. The van der Waals surface area contributed by atoms with E-state index in [0.717, 1.165) is 6.08 Å². The van der Waals surface area contributed by atoms with Gasteiger partial charge in [-0.2, -0.15) is 0 Å². The maximum absolute atomic E-state index is 11.7. The molecule has 0 saturated heterocycles. The molecule has 0 saturated carbocycles. The summed E-state index contributed by atoms with van der Waals surface area (Å²) in [7, 11) is 0. The summed E-state index contributed by atoms with van der Waals surface area (Å²) < 4.78 is 0. The molecule has 1 aromatic carbocycles. The molecule has 0 radical (unpaired) electrons. The van der Waals surface area contributed by atoms with Crippen molar-refractivity contribution in [2.75, 3.05) is 0 Å². The Morgan fingerprint density at radius 2 is 1.94 bits per heavy atom. The average molecular weight is 216 g/mol. The minimum Gasteiger partial charge on any atom is -0.285 e. The zero-order valence-electron chi connectivity index (χ0n) is 8.03. The van der Waals surface area contributed by atoms with Gasteiger partial charge >= 0.3 is 6.04 Å². The molecule has 6 heteroatoms. The maximum atomic E-state index is 11.7. The SMILES string of the molecule is N#[N+]C1C=C([N+](=O)[O-])c2ccccc2C1=O. The fourth-order valence-electron chi connectivity index (χ4n) is 1.64. The molecule has 1 aromatic rings. The van der Waals surface area contributed by atoms with Crippen LogP contribution in [0.1, 0.15) is 15.9 Å². The van der Waals surface area contributed by atoms with E-state index >= 15 is 0 Å². The van der Waals surface area contributed by atoms with Gasteiger partial charge in [-0.3, -0.25) is 14.9 Å². The third kappa shape index (κ3) is 1.35. The summed E-state index contributed by atoms with van der Waals surface area (Å²) in [5, 5.41) is 19.4. The number of rotatable bonds is 1. The third-order valence-corrected chi connectivity index (χ3v) is 2.37. The van der Waals surface area contributed by atoms with E-state index in [0.29, 0.717) is 0 Å². The lowest BCUT2D eigenvalue weighted by Crippen LogP contribution is -2.23. The van der Waals surface area contributed by atoms with Crippen molar-refractivity contribution in [2.24, 2.45) is 0 Å². The number of fused-ring (bicyclic) bond motifs is 1. The zero-order valence-corrected chi connectivity index (χ0v) is 8.03. The second-order valence-corrected chi connectivity index (χ2v) is 3.28. The molecule has 0 spiro atoms. The molecule has 78 valence electrons. The Morgan fingerprint density at radius 3 is 2.50 bits per heavy atom. The van der Waals surface area contributed by atoms with E-state index in [1.807, 2.05) is 0 Å². The first-order valence-corrected chi connectivity index (χ1v) is 4.49. The van der Waals surface area contributed by atoms with Gasteiger partial charge in [-0.25, -0.2) is 0 Å². The van der Waals surface area contributed by atoms with Crippen LogP contribution in [0.15, 0.2) is 30.3 Å². The van der Waals surface area contributed by atoms with Crippen LogP contribution >= 0.6 is 0 Å². The number of nitro groups is 1. The number of carbonyl (C=O) groups is 1. The fraction of sp³-hybridized carbons (Fsp3) is 0.100. The zero-order chi connectivity index (χ0) is 11.7. The van der Waals surface area contributed by atoms with Crippen LogP contribution in [0.2, 0.25) is 0 Å². The predicted molar refractivity (Wildman–Crippen MR) is 54.6 cm³/mol. The molecule has 0 heterocycles. The number of hydrogen-bond acceptors (Lipinski definition) is 4. The Hall–Kier alpha value is -2.55. The smallest absolute Gasteiger partial charge is 0.285 e. The molecule has 0 aliphatic heterocycles. The molecule has 0 fully saturated rings. The van der Waals surface area contributed by atoms with Crippen molar-refractivity contribution in [2.45, 2.75) is 6.04 Å². The van der Waals surface area contributed by atoms with Gasteiger partial charge in [0.2, 0.25) is 5.39 Å². The molecule has 0 amide bonds. The summed E-state index contributed by atoms with van der Waals surface area (Å²) in [6.45, 7) is 0. The summed E-state index contributed by atoms with van der Waals surface area (Å²) >= 11 is 0. The van der Waals surface area contributed by atoms with Crippen molar-refractivity contribution >= 4 is 11.5 Å². The first kappa shape index (κ1) is 9.98. The Balaban J connectivity index is 2.68. The topological polar surface area (TPSA) is 88.4 Å². The van der Waals surface area contributed by atoms with E-state index in [4.69, 9.17) is 5.39 Å². The quantitative estimate of drug-likeness (QED) is 0.406. The number of diazo groups is 1. The van der Waals surface area contributed by atoms with Gasteiger partial charge in [-0.15, -0.1) is 0 Å². The van der Waals surface area contributed by atoms with Gasteiger partial charge in [-0.05, 0) is 6.07 Å². The van der Waals surface area contributed by atoms with Crippen molar-refractivity contribution in [3.05, 3.63) is 56.6 Å². The predicted octanol–water partition coefficient (Wildman–Crippen LogP) is 1.72. The normalized spacial score (nSPS) is 18.3. The highest BCUT2D eigenvalue weighted by molar-refractivity contribution is 6.08. The van der Waals surface area contributed by atoms with Crippen LogP contribution in [0.25, 0.3) is 10.7 Å². The molecule has 0 bridgehead atoms. The number of carbonyl (C=O) groups excluding carboxylic acids is 1. The third-order valence-electron chi connectivity index (χ3n) is 2.37. The maximum Gasteiger partial charge on any atom is 0.400 e. The average Bonchev–Trinajstić information content (AvgIpc) is 2.29. The van der Waals surface area contributed by atoms with Gasteiger partial charge in [0.1, 0.15) is 4.98 Å². The molecule has 16 heavy (non-hydrogen) atoms. The van der Waals surface area contributed by atoms with Crippen LogP contribution in [0.4, 0.5) is 0 Å². The highest BCUT2D eigenvalue weighted by atomic mass is 16.6. The lowest BCUT2D eigenvalue weighted by Gasteiger charge is -2.08. The Morgan fingerprint density at radius 1 is 1.31 bits per heavy atom. The first-order valence-electron chi connectivity index (χ1n) is 4.49. The Kier molecular flexibility index (Phi) is 2.21. The number of ketones is 1. The fourth-order valence-corrected chi connectivity index (χ4v) is 1.64. The van der Waals surface area contributed by atoms with E-state index in [1.165, 1.54) is 12.1 Å². The van der Waals surface area contributed by atoms with Gasteiger partial charge in [0.05, 0.1) is 16.6 Å². The minimum atomic E-state index is -1.18. The van der Waals surface area contributed by atoms with Crippen LogP contribution in [-0.2, 0) is 0 Å². The number of benzene rings is 1. The van der Waals surface area contributed by atoms with Gasteiger partial charge in [0.15, 0.2) is 0 Å². The highest BCUT2D eigenvalue weighted by Crippen LogP contribution is 2.27. The van der Waals surface area contributed by atoms with Gasteiger partial charge in [0, 0.05) is 5.56 Å². The lowest BCUT2D eigenvalue weighted by molar-refractivity contribution is -0.375. The van der Waals surface area contributed by atoms with E-state index in [2.05, 4.69) is 4.98 Å². The van der Waals surface area contributed by atoms with Crippen LogP contribution < -0.4 is 0 Å². The molecule has 1 atom stereocenters. The van der Waals surface area contributed by atoms with E-state index in [1.54, 1.807) is 12.1 Å². The van der Waals surface area contributed by atoms with E-state index in [-0.39, 0.29) is 16.8 Å². The van der Waals surface area contributed by atoms with Gasteiger partial charge < -0.3 is 0 Å². The number of nitrogens with zero attached hydrogens (tertiary/aromatic N) is 3. The van der Waals surface area contributed by atoms with Crippen molar-refractivity contribution < 1.29 is 9.72 Å². The van der Waals surface area contributed by atoms with E-state index < -0.39 is 16.7 Å². The highest BCUT2D eigenvalue weighted by Gasteiger charge is 2.40. The van der Waals surface area contributed by atoms with Crippen molar-refractivity contribution in [3.63, 3.8) is 0 Å². The largest absolute Gasteiger partial charge is 0.400 e. The van der Waals surface area contributed by atoms with Gasteiger partial charge in [0.25, 0.3) is 11.5 Å². The van der Waals surface area contributed by atoms with Gasteiger partial charge in [-0.1, -0.05) is 18.2 Å². The summed E-state index contributed by atoms with van der Waals surface area (Å²) in [5.41, 5.74) is 0.259. The Bertz CT molecular complexity index is 557. The molecule has 1 unspecified atom stereocenters. The molecule has 0 aromatic heterocycles. The molecule has 6 nitrogen and oxygen atoms in total. The molecular weight excluding hydrogens is 210 g/mol. The van der Waals surface area contributed by atoms with E-state index in [9.17, 15) is 14.9 Å². The van der Waals surface area contributed by atoms with Crippen LogP contribution in [0.5, 0.6) is 0 Å². The lowest BCUT2D eigenvalue weighted by atomic mass is 9.91. The summed E-state index contributed by atoms with van der Waals surface area (Å²) in [6.07, 6.45) is 1.05. The summed E-state index contributed by atoms with van der Waals surface area (Å²) in [6, 6.07) is 5.01. The second-order valence-electron chi connectivity index (χ2n) is 3.28. The van der Waals surface area contributed by atoms with Crippen LogP contribution in [-0.4, -0.2) is 16.7 Å². The molecule has 1 aliphatic carbocycles. The van der Waals surface area contributed by atoms with Crippen LogP contribution in [0.3, 0.4) is 0 Å². The summed E-state index contributed by atoms with van der Waals surface area (Å²) in [5.74, 6) is -0.441. The molecule has 2 rings (SSSR count). The second kappa shape index (κ2) is 3.55. The number of hydrogen-bond donors (Lipinski definition) is 0. The first-order chi connectivity index (χ1) is 7.65. The molecule has 0 N–H and O–H groups in total.